The predicted molar refractivity (Wildman–Crippen MR) is 122 cm³/mol. The fourth-order valence-corrected chi connectivity index (χ4v) is 3.14. The van der Waals surface area contributed by atoms with Crippen molar-refractivity contribution in [3.63, 3.8) is 0 Å². The van der Waals surface area contributed by atoms with Gasteiger partial charge in [0, 0.05) is 22.8 Å². The highest BCUT2D eigenvalue weighted by Gasteiger charge is 2.12. The Kier molecular flexibility index (Phi) is 7.23. The maximum absolute atomic E-state index is 12.5. The molecule has 0 bridgehead atoms. The Bertz CT molecular complexity index is 1170. The molecule has 0 spiro atoms. The van der Waals surface area contributed by atoms with Gasteiger partial charge in [-0.1, -0.05) is 24.3 Å². The van der Waals surface area contributed by atoms with Crippen LogP contribution < -0.4 is 14.2 Å². The highest BCUT2D eigenvalue weighted by atomic mass is 16.6. The van der Waals surface area contributed by atoms with Gasteiger partial charge in [-0.05, 0) is 55.0 Å². The second kappa shape index (κ2) is 10.3. The fraction of sp³-hybridized carbons (Fsp3) is 0.160. The van der Waals surface area contributed by atoms with Crippen LogP contribution >= 0.6 is 0 Å². The summed E-state index contributed by atoms with van der Waals surface area (Å²) in [6.45, 7) is 1.86. The zero-order valence-electron chi connectivity index (χ0n) is 18.0. The van der Waals surface area contributed by atoms with E-state index in [-0.39, 0.29) is 18.1 Å². The molecule has 0 saturated heterocycles. The summed E-state index contributed by atoms with van der Waals surface area (Å²) in [6, 6.07) is 17.1. The molecule has 0 atom stereocenters. The molecule has 7 heteroatoms. The van der Waals surface area contributed by atoms with Crippen molar-refractivity contribution in [2.24, 2.45) is 0 Å². The van der Waals surface area contributed by atoms with Crippen LogP contribution in [0.5, 0.6) is 17.2 Å². The summed E-state index contributed by atoms with van der Waals surface area (Å²) >= 11 is 0. The monoisotopic (exact) mass is 433 g/mol. The smallest absolute Gasteiger partial charge is 0.272 e. The Hall–Kier alpha value is -4.13. The minimum Gasteiger partial charge on any atom is -0.497 e. The van der Waals surface area contributed by atoms with Crippen LogP contribution in [0.15, 0.2) is 66.7 Å². The molecule has 0 heterocycles. The Labute approximate surface area is 186 Å². The summed E-state index contributed by atoms with van der Waals surface area (Å²) < 4.78 is 16.4. The number of nitro groups is 1. The number of carbonyl (C=O) groups is 1. The van der Waals surface area contributed by atoms with Crippen molar-refractivity contribution in [3.8, 4) is 17.2 Å². The van der Waals surface area contributed by atoms with Gasteiger partial charge in [-0.3, -0.25) is 14.9 Å². The van der Waals surface area contributed by atoms with Crippen molar-refractivity contribution in [1.82, 2.24) is 0 Å². The molecule has 0 fully saturated rings. The van der Waals surface area contributed by atoms with E-state index in [2.05, 4.69) is 0 Å². The van der Waals surface area contributed by atoms with Crippen molar-refractivity contribution in [1.29, 1.82) is 0 Å². The molecule has 0 aliphatic rings. The number of benzene rings is 3. The van der Waals surface area contributed by atoms with Crippen LogP contribution in [0.3, 0.4) is 0 Å². The number of carbonyl (C=O) groups excluding carboxylic acids is 1. The molecule has 7 nitrogen and oxygen atoms in total. The van der Waals surface area contributed by atoms with Crippen molar-refractivity contribution in [2.45, 2.75) is 13.5 Å². The molecule has 0 saturated carbocycles. The van der Waals surface area contributed by atoms with Gasteiger partial charge in [-0.15, -0.1) is 0 Å². The number of rotatable bonds is 9. The molecule has 0 unspecified atom stereocenters. The summed E-state index contributed by atoms with van der Waals surface area (Å²) in [6.07, 6.45) is 3.22. The molecular formula is C25H23NO6. The lowest BCUT2D eigenvalue weighted by atomic mass is 10.1. The number of nitrogens with zero attached hydrogens (tertiary/aromatic N) is 1. The molecule has 3 aromatic carbocycles. The van der Waals surface area contributed by atoms with E-state index in [0.717, 1.165) is 11.1 Å². The van der Waals surface area contributed by atoms with Crippen molar-refractivity contribution < 1.29 is 23.9 Å². The second-order valence-corrected chi connectivity index (χ2v) is 6.99. The van der Waals surface area contributed by atoms with Gasteiger partial charge in [0.25, 0.3) is 5.69 Å². The van der Waals surface area contributed by atoms with E-state index in [1.54, 1.807) is 69.7 Å². The average molecular weight is 433 g/mol. The van der Waals surface area contributed by atoms with E-state index in [1.807, 2.05) is 12.1 Å². The van der Waals surface area contributed by atoms with Crippen LogP contribution in [0.4, 0.5) is 5.69 Å². The first-order valence-corrected chi connectivity index (χ1v) is 9.82. The average Bonchev–Trinajstić information content (AvgIpc) is 2.81. The van der Waals surface area contributed by atoms with E-state index in [1.165, 1.54) is 12.1 Å². The van der Waals surface area contributed by atoms with Gasteiger partial charge in [0.05, 0.1) is 19.1 Å². The number of allylic oxidation sites excluding steroid dienone is 1. The van der Waals surface area contributed by atoms with Crippen LogP contribution in [0.1, 0.15) is 27.0 Å². The third-order valence-electron chi connectivity index (χ3n) is 4.85. The zero-order valence-corrected chi connectivity index (χ0v) is 18.0. The number of aryl methyl sites for hydroxylation is 1. The van der Waals surface area contributed by atoms with Gasteiger partial charge in [0.15, 0.2) is 5.78 Å². The molecule has 3 aromatic rings. The SMILES string of the molecule is COc1cccc(C(=O)/C=C/c2ccc(OC)c(COc3ccc([N+](=O)[O-])c(C)c3)c2)c1. The van der Waals surface area contributed by atoms with E-state index in [4.69, 9.17) is 14.2 Å². The lowest BCUT2D eigenvalue weighted by molar-refractivity contribution is -0.385. The van der Waals surface area contributed by atoms with Crippen LogP contribution in [0, 0.1) is 17.0 Å². The zero-order chi connectivity index (χ0) is 23.1. The summed E-state index contributed by atoms with van der Waals surface area (Å²) in [7, 11) is 3.12. The largest absolute Gasteiger partial charge is 0.497 e. The van der Waals surface area contributed by atoms with Crippen molar-refractivity contribution >= 4 is 17.5 Å². The number of nitro benzene ring substituents is 1. The Morgan fingerprint density at radius 3 is 2.50 bits per heavy atom. The Morgan fingerprint density at radius 2 is 1.81 bits per heavy atom. The van der Waals surface area contributed by atoms with E-state index in [0.29, 0.717) is 28.4 Å². The molecule has 3 rings (SSSR count). The minimum atomic E-state index is -0.426. The molecule has 164 valence electrons. The van der Waals surface area contributed by atoms with Gasteiger partial charge in [0.2, 0.25) is 0 Å². The number of hydrogen-bond donors (Lipinski definition) is 0. The topological polar surface area (TPSA) is 87.9 Å². The van der Waals surface area contributed by atoms with Gasteiger partial charge in [0.1, 0.15) is 23.9 Å². The fourth-order valence-electron chi connectivity index (χ4n) is 3.14. The first kappa shape index (κ1) is 22.6. The third kappa shape index (κ3) is 5.51. The maximum atomic E-state index is 12.5. The van der Waals surface area contributed by atoms with Crippen LogP contribution in [0.2, 0.25) is 0 Å². The second-order valence-electron chi connectivity index (χ2n) is 6.99. The molecule has 0 aromatic heterocycles. The molecule has 0 radical (unpaired) electrons. The highest BCUT2D eigenvalue weighted by Crippen LogP contribution is 2.26. The normalized spacial score (nSPS) is 10.7. The maximum Gasteiger partial charge on any atom is 0.272 e. The van der Waals surface area contributed by atoms with Crippen molar-refractivity contribution in [3.05, 3.63) is 99.1 Å². The van der Waals surface area contributed by atoms with Crippen molar-refractivity contribution in [2.75, 3.05) is 14.2 Å². The Balaban J connectivity index is 1.75. The lowest BCUT2D eigenvalue weighted by Gasteiger charge is -2.12. The number of hydrogen-bond acceptors (Lipinski definition) is 6. The standard InChI is InChI=1S/C25H23NO6/c1-17-13-22(9-10-23(17)26(28)29)32-16-20-14-18(8-12-25(20)31-3)7-11-24(27)19-5-4-6-21(15-19)30-2/h4-15H,16H2,1-3H3/b11-7+. The third-order valence-corrected chi connectivity index (χ3v) is 4.85. The molecule has 32 heavy (non-hydrogen) atoms. The lowest BCUT2D eigenvalue weighted by Crippen LogP contribution is -2.00. The minimum absolute atomic E-state index is 0.0442. The summed E-state index contributed by atoms with van der Waals surface area (Å²) in [5, 5.41) is 11.0. The number of ether oxygens (including phenoxy) is 3. The van der Waals surface area contributed by atoms with Gasteiger partial charge >= 0.3 is 0 Å². The van der Waals surface area contributed by atoms with Crippen LogP contribution in [-0.4, -0.2) is 24.9 Å². The summed E-state index contributed by atoms with van der Waals surface area (Å²) in [5.74, 6) is 1.64. The van der Waals surface area contributed by atoms with Crippen LogP contribution in [0.25, 0.3) is 6.08 Å². The predicted octanol–water partition coefficient (Wildman–Crippen LogP) is 5.40. The van der Waals surface area contributed by atoms with E-state index >= 15 is 0 Å². The molecule has 0 amide bonds. The summed E-state index contributed by atoms with van der Waals surface area (Å²) in [4.78, 5) is 23.0. The van der Waals surface area contributed by atoms with Gasteiger partial charge < -0.3 is 14.2 Å². The van der Waals surface area contributed by atoms with E-state index in [9.17, 15) is 14.9 Å². The summed E-state index contributed by atoms with van der Waals surface area (Å²) in [5.41, 5.74) is 2.68. The molecule has 0 N–H and O–H groups in total. The van der Waals surface area contributed by atoms with Gasteiger partial charge in [-0.2, -0.15) is 0 Å². The number of methoxy groups -OCH3 is 2. The van der Waals surface area contributed by atoms with Gasteiger partial charge in [-0.25, -0.2) is 0 Å². The van der Waals surface area contributed by atoms with Crippen LogP contribution in [-0.2, 0) is 6.61 Å². The quantitative estimate of drug-likeness (QED) is 0.194. The first-order chi connectivity index (χ1) is 15.4. The van der Waals surface area contributed by atoms with E-state index < -0.39 is 4.92 Å². The number of ketones is 1. The molecular weight excluding hydrogens is 410 g/mol. The molecule has 0 aliphatic heterocycles. The highest BCUT2D eigenvalue weighted by molar-refractivity contribution is 6.07. The molecule has 0 aliphatic carbocycles. The first-order valence-electron chi connectivity index (χ1n) is 9.82. The Morgan fingerprint density at radius 1 is 1.00 bits per heavy atom.